The number of fused-ring (bicyclic) bond motifs is 1. The summed E-state index contributed by atoms with van der Waals surface area (Å²) in [7, 11) is 0. The van der Waals surface area contributed by atoms with Gasteiger partial charge in [-0.1, -0.05) is 34.6 Å². The van der Waals surface area contributed by atoms with Crippen LogP contribution in [0.15, 0.2) is 65.4 Å². The second-order valence-electron chi connectivity index (χ2n) is 5.59. The van der Waals surface area contributed by atoms with Gasteiger partial charge in [-0.2, -0.15) is 0 Å². The number of nitrogens with zero attached hydrogens (tertiary/aromatic N) is 2. The van der Waals surface area contributed by atoms with E-state index >= 15 is 0 Å². The van der Waals surface area contributed by atoms with Gasteiger partial charge in [-0.25, -0.2) is 9.97 Å². The molecule has 0 atom stereocenters. The highest BCUT2D eigenvalue weighted by molar-refractivity contribution is 9.10. The number of benzene rings is 2. The number of halogens is 1. The summed E-state index contributed by atoms with van der Waals surface area (Å²) in [4.78, 5) is 20.6. The molecule has 1 aromatic heterocycles. The third-order valence-electron chi connectivity index (χ3n) is 3.63. The third kappa shape index (κ3) is 3.68. The molecule has 0 spiro atoms. The fourth-order valence-electron chi connectivity index (χ4n) is 2.35. The fourth-order valence-corrected chi connectivity index (χ4v) is 2.75. The van der Waals surface area contributed by atoms with Crippen LogP contribution in [0.25, 0.3) is 10.9 Å². The molecule has 0 fully saturated rings. The SMILES string of the molecule is C=C(C)C(=O)Cc1ccc2ncnc(Nc3cccc(Br)c3)c2c1. The van der Waals surface area contributed by atoms with Crippen LogP contribution in [0.5, 0.6) is 0 Å². The van der Waals surface area contributed by atoms with E-state index in [0.717, 1.165) is 26.6 Å². The van der Waals surface area contributed by atoms with E-state index in [1.165, 1.54) is 6.33 Å². The maximum absolute atomic E-state index is 11.9. The molecule has 0 aliphatic heterocycles. The van der Waals surface area contributed by atoms with Gasteiger partial charge in [0.1, 0.15) is 12.1 Å². The second-order valence-corrected chi connectivity index (χ2v) is 6.51. The summed E-state index contributed by atoms with van der Waals surface area (Å²) in [6, 6.07) is 13.6. The molecule has 0 amide bonds. The number of aromatic nitrogens is 2. The van der Waals surface area contributed by atoms with Gasteiger partial charge in [0, 0.05) is 22.0 Å². The standard InChI is InChI=1S/C19H16BrN3O/c1-12(2)18(24)9-13-6-7-17-16(8-13)19(22-11-21-17)23-15-5-3-4-14(20)10-15/h3-8,10-11H,1,9H2,2H3,(H,21,22,23). The molecule has 1 N–H and O–H groups in total. The van der Waals surface area contributed by atoms with Crippen molar-refractivity contribution in [3.63, 3.8) is 0 Å². The quantitative estimate of drug-likeness (QED) is 0.643. The molecule has 0 saturated carbocycles. The Morgan fingerprint density at radius 2 is 2.04 bits per heavy atom. The van der Waals surface area contributed by atoms with Crippen molar-refractivity contribution in [2.45, 2.75) is 13.3 Å². The van der Waals surface area contributed by atoms with Gasteiger partial charge < -0.3 is 5.32 Å². The van der Waals surface area contributed by atoms with Gasteiger partial charge in [0.15, 0.2) is 5.78 Å². The monoisotopic (exact) mass is 381 g/mol. The molecular weight excluding hydrogens is 366 g/mol. The number of hydrogen-bond acceptors (Lipinski definition) is 4. The van der Waals surface area contributed by atoms with E-state index in [1.807, 2.05) is 42.5 Å². The van der Waals surface area contributed by atoms with Gasteiger partial charge in [-0.15, -0.1) is 0 Å². The van der Waals surface area contributed by atoms with E-state index in [2.05, 4.69) is 37.8 Å². The number of allylic oxidation sites excluding steroid dienone is 1. The molecule has 0 saturated heterocycles. The second kappa shape index (κ2) is 6.93. The van der Waals surface area contributed by atoms with Crippen molar-refractivity contribution in [1.82, 2.24) is 9.97 Å². The van der Waals surface area contributed by atoms with E-state index in [1.54, 1.807) is 6.92 Å². The Balaban J connectivity index is 1.98. The summed E-state index contributed by atoms with van der Waals surface area (Å²) < 4.78 is 0.985. The predicted molar refractivity (Wildman–Crippen MR) is 100 cm³/mol. The number of carbonyl (C=O) groups excluding carboxylic acids is 1. The first-order valence-corrected chi connectivity index (χ1v) is 8.27. The van der Waals surface area contributed by atoms with Crippen LogP contribution in [0, 0.1) is 0 Å². The minimum atomic E-state index is 0.0349. The van der Waals surface area contributed by atoms with Crippen LogP contribution in [-0.4, -0.2) is 15.8 Å². The van der Waals surface area contributed by atoms with E-state index < -0.39 is 0 Å². The first kappa shape index (κ1) is 16.3. The Morgan fingerprint density at radius 1 is 1.21 bits per heavy atom. The molecule has 0 aliphatic rings. The Labute approximate surface area is 148 Å². The number of ketones is 1. The zero-order valence-electron chi connectivity index (χ0n) is 13.2. The molecular formula is C19H16BrN3O. The molecule has 1 heterocycles. The lowest BCUT2D eigenvalue weighted by Crippen LogP contribution is -2.03. The predicted octanol–water partition coefficient (Wildman–Crippen LogP) is 4.82. The average Bonchev–Trinajstić information content (AvgIpc) is 2.55. The summed E-state index contributed by atoms with van der Waals surface area (Å²) in [5.74, 6) is 0.746. The van der Waals surface area contributed by atoms with E-state index in [9.17, 15) is 4.79 Å². The van der Waals surface area contributed by atoms with Crippen molar-refractivity contribution < 1.29 is 4.79 Å². The highest BCUT2D eigenvalue weighted by atomic mass is 79.9. The van der Waals surface area contributed by atoms with Crippen LogP contribution in [0.3, 0.4) is 0 Å². The van der Waals surface area contributed by atoms with Crippen molar-refractivity contribution in [1.29, 1.82) is 0 Å². The number of rotatable bonds is 5. The molecule has 5 heteroatoms. The zero-order chi connectivity index (χ0) is 17.1. The molecule has 24 heavy (non-hydrogen) atoms. The number of hydrogen-bond donors (Lipinski definition) is 1. The average molecular weight is 382 g/mol. The third-order valence-corrected chi connectivity index (χ3v) is 4.12. The summed E-state index contributed by atoms with van der Waals surface area (Å²) in [6.45, 7) is 5.43. The summed E-state index contributed by atoms with van der Waals surface area (Å²) >= 11 is 3.46. The first-order valence-electron chi connectivity index (χ1n) is 7.48. The van der Waals surface area contributed by atoms with Crippen LogP contribution in [0.2, 0.25) is 0 Å². The molecule has 0 aliphatic carbocycles. The number of carbonyl (C=O) groups is 1. The Morgan fingerprint density at radius 3 is 2.79 bits per heavy atom. The van der Waals surface area contributed by atoms with Crippen molar-refractivity contribution in [2.24, 2.45) is 0 Å². The maximum Gasteiger partial charge on any atom is 0.162 e. The smallest absolute Gasteiger partial charge is 0.162 e. The number of nitrogens with one attached hydrogen (secondary N) is 1. The van der Waals surface area contributed by atoms with Gasteiger partial charge >= 0.3 is 0 Å². The van der Waals surface area contributed by atoms with Crippen LogP contribution in [0.1, 0.15) is 12.5 Å². The van der Waals surface area contributed by atoms with Crippen molar-refractivity contribution >= 4 is 44.1 Å². The molecule has 0 unspecified atom stereocenters. The molecule has 0 radical (unpaired) electrons. The summed E-state index contributed by atoms with van der Waals surface area (Å²) in [6.07, 6.45) is 1.86. The van der Waals surface area contributed by atoms with E-state index in [0.29, 0.717) is 17.8 Å². The van der Waals surface area contributed by atoms with Crippen LogP contribution in [0.4, 0.5) is 11.5 Å². The molecule has 0 bridgehead atoms. The number of anilines is 2. The lowest BCUT2D eigenvalue weighted by Gasteiger charge is -2.10. The summed E-state index contributed by atoms with van der Waals surface area (Å²) in [5.41, 5.74) is 3.23. The van der Waals surface area contributed by atoms with E-state index in [-0.39, 0.29) is 5.78 Å². The topological polar surface area (TPSA) is 54.9 Å². The molecule has 3 aromatic rings. The molecule has 120 valence electrons. The Hall–Kier alpha value is -2.53. The van der Waals surface area contributed by atoms with Crippen LogP contribution in [-0.2, 0) is 11.2 Å². The lowest BCUT2D eigenvalue weighted by atomic mass is 10.0. The van der Waals surface area contributed by atoms with Gasteiger partial charge in [0.25, 0.3) is 0 Å². The van der Waals surface area contributed by atoms with Crippen molar-refractivity contribution in [2.75, 3.05) is 5.32 Å². The van der Waals surface area contributed by atoms with Gasteiger partial charge in [-0.3, -0.25) is 4.79 Å². The largest absolute Gasteiger partial charge is 0.340 e. The fraction of sp³-hybridized carbons (Fsp3) is 0.105. The highest BCUT2D eigenvalue weighted by Gasteiger charge is 2.09. The Bertz CT molecular complexity index is 937. The Kier molecular flexibility index (Phi) is 4.71. The summed E-state index contributed by atoms with van der Waals surface area (Å²) in [5, 5.41) is 4.19. The van der Waals surface area contributed by atoms with Gasteiger partial charge in [0.05, 0.1) is 5.52 Å². The maximum atomic E-state index is 11.9. The molecule has 2 aromatic carbocycles. The van der Waals surface area contributed by atoms with Gasteiger partial charge in [-0.05, 0) is 48.4 Å². The normalized spacial score (nSPS) is 10.6. The molecule has 4 nitrogen and oxygen atoms in total. The highest BCUT2D eigenvalue weighted by Crippen LogP contribution is 2.25. The zero-order valence-corrected chi connectivity index (χ0v) is 14.8. The number of Topliss-reactive ketones (excluding diaryl/α,β-unsaturated/α-hetero) is 1. The molecule has 3 rings (SSSR count). The lowest BCUT2D eigenvalue weighted by molar-refractivity contribution is -0.114. The van der Waals surface area contributed by atoms with Crippen LogP contribution >= 0.6 is 15.9 Å². The van der Waals surface area contributed by atoms with Crippen molar-refractivity contribution in [3.8, 4) is 0 Å². The minimum Gasteiger partial charge on any atom is -0.340 e. The van der Waals surface area contributed by atoms with Crippen molar-refractivity contribution in [3.05, 3.63) is 71.0 Å². The van der Waals surface area contributed by atoms with Crippen LogP contribution < -0.4 is 5.32 Å². The van der Waals surface area contributed by atoms with E-state index in [4.69, 9.17) is 0 Å². The first-order chi connectivity index (χ1) is 11.5. The van der Waals surface area contributed by atoms with Gasteiger partial charge in [0.2, 0.25) is 0 Å². The minimum absolute atomic E-state index is 0.0349.